The second kappa shape index (κ2) is 10.3. The summed E-state index contributed by atoms with van der Waals surface area (Å²) >= 11 is -0.741. The Kier molecular flexibility index (Phi) is 6.72. The smallest absolute Gasteiger partial charge is 0.335 e. The lowest BCUT2D eigenvalue weighted by molar-refractivity contribution is 0.0697. The zero-order valence-corrected chi connectivity index (χ0v) is 22.3. The first kappa shape index (κ1) is 25.4. The normalized spacial score (nSPS) is 15.6. The number of aromatic amines is 2. The summed E-state index contributed by atoms with van der Waals surface area (Å²) in [6.07, 6.45) is 5.42. The van der Waals surface area contributed by atoms with E-state index in [0.29, 0.717) is 21.9 Å². The Morgan fingerprint density at radius 3 is 2.38 bits per heavy atom. The van der Waals surface area contributed by atoms with E-state index in [1.165, 1.54) is 17.7 Å². The Morgan fingerprint density at radius 2 is 1.72 bits per heavy atom. The van der Waals surface area contributed by atoms with E-state index in [1.54, 1.807) is 24.6 Å². The number of carbonyl (C=O) groups is 1. The molecule has 0 saturated carbocycles. The molecule has 1 aliphatic rings. The molecule has 3 N–H and O–H groups in total. The van der Waals surface area contributed by atoms with Gasteiger partial charge in [0.05, 0.1) is 23.5 Å². The number of benzene rings is 2. The number of aromatic nitrogens is 3. The highest BCUT2D eigenvalue weighted by molar-refractivity contribution is 7.91. The maximum Gasteiger partial charge on any atom is 0.335 e. The van der Waals surface area contributed by atoms with Gasteiger partial charge in [0.15, 0.2) is 0 Å². The van der Waals surface area contributed by atoms with Gasteiger partial charge in [-0.2, -0.15) is 0 Å². The van der Waals surface area contributed by atoms with E-state index >= 15 is 0 Å². The van der Waals surface area contributed by atoms with Crippen LogP contribution in [0.3, 0.4) is 0 Å². The lowest BCUT2D eigenvalue weighted by Crippen LogP contribution is -2.38. The molecule has 1 aliphatic heterocycles. The molecule has 4 heterocycles. The number of rotatable bonds is 6. The molecular formula is C30H28N4O4S. The second-order valence-electron chi connectivity index (χ2n) is 10.1. The summed E-state index contributed by atoms with van der Waals surface area (Å²) in [4.78, 5) is 37.3. The molecule has 5 aromatic rings. The van der Waals surface area contributed by atoms with Crippen molar-refractivity contribution in [1.82, 2.24) is 19.9 Å². The summed E-state index contributed by atoms with van der Waals surface area (Å²) in [6, 6.07) is 18.7. The SMILES string of the molecule is C[S+]([O-])C1CCN(Cc2ccc(-c3cc4c(ncc5[nH]c(=O)c(-c6ccc(C(=O)O)cc6)cc54)[nH]3)cc2)CC1. The number of likely N-dealkylation sites (tertiary alicyclic amines) is 1. The molecule has 0 aliphatic carbocycles. The standard InChI is InChI=1S/C30H28N4O4S/c1-39(38)22-10-12-34(13-11-22)17-18-2-4-20(5-3-18)26-15-25-24-14-23(19-6-8-21(9-7-19)30(36)37)29(35)33-27(24)16-31-28(25)32-26/h2-9,14-16,22H,10-13,17H2,1H3,(H,31,32)(H,33,35)(H,36,37). The molecule has 0 amide bonds. The van der Waals surface area contributed by atoms with Gasteiger partial charge in [-0.05, 0) is 41.0 Å². The summed E-state index contributed by atoms with van der Waals surface area (Å²) in [6.45, 7) is 2.83. The predicted octanol–water partition coefficient (Wildman–Crippen LogP) is 4.78. The van der Waals surface area contributed by atoms with Crippen LogP contribution in [0.15, 0.2) is 71.7 Å². The summed E-state index contributed by atoms with van der Waals surface area (Å²) in [5.41, 5.74) is 5.59. The summed E-state index contributed by atoms with van der Waals surface area (Å²) in [5, 5.41) is 11.2. The van der Waals surface area contributed by atoms with E-state index in [2.05, 4.69) is 44.1 Å². The number of piperidine rings is 1. The maximum absolute atomic E-state index is 12.8. The predicted molar refractivity (Wildman–Crippen MR) is 154 cm³/mol. The topological polar surface area (TPSA) is 125 Å². The first-order valence-electron chi connectivity index (χ1n) is 12.9. The van der Waals surface area contributed by atoms with Gasteiger partial charge in [0, 0.05) is 54.5 Å². The number of aromatic carboxylic acids is 1. The first-order valence-corrected chi connectivity index (χ1v) is 14.5. The summed E-state index contributed by atoms with van der Waals surface area (Å²) < 4.78 is 11.8. The lowest BCUT2D eigenvalue weighted by Gasteiger charge is -2.31. The largest absolute Gasteiger partial charge is 0.616 e. The third kappa shape index (κ3) is 5.08. The van der Waals surface area contributed by atoms with Crippen molar-refractivity contribution in [2.24, 2.45) is 0 Å². The molecule has 0 bridgehead atoms. The van der Waals surface area contributed by atoms with Crippen LogP contribution in [0.2, 0.25) is 0 Å². The van der Waals surface area contributed by atoms with Crippen molar-refractivity contribution >= 4 is 39.1 Å². The van der Waals surface area contributed by atoms with Crippen molar-refractivity contribution in [3.63, 3.8) is 0 Å². The lowest BCUT2D eigenvalue weighted by atomic mass is 10.0. The van der Waals surface area contributed by atoms with Gasteiger partial charge in [-0.3, -0.25) is 9.69 Å². The average molecular weight is 541 g/mol. The second-order valence-corrected chi connectivity index (χ2v) is 11.8. The molecule has 9 heteroatoms. The van der Waals surface area contributed by atoms with Crippen LogP contribution in [0.1, 0.15) is 28.8 Å². The molecule has 39 heavy (non-hydrogen) atoms. The van der Waals surface area contributed by atoms with Crippen molar-refractivity contribution in [3.05, 3.63) is 88.3 Å². The first-order chi connectivity index (χ1) is 18.9. The number of hydrogen-bond donors (Lipinski definition) is 3. The Balaban J connectivity index is 1.27. The molecule has 1 saturated heterocycles. The third-order valence-electron chi connectivity index (χ3n) is 7.60. The number of H-pyrrole nitrogens is 2. The van der Waals surface area contributed by atoms with Gasteiger partial charge in [0.1, 0.15) is 10.9 Å². The number of nitrogens with one attached hydrogen (secondary N) is 2. The molecule has 0 spiro atoms. The molecule has 2 aromatic carbocycles. The van der Waals surface area contributed by atoms with Crippen molar-refractivity contribution in [3.8, 4) is 22.4 Å². The maximum atomic E-state index is 12.8. The number of carboxylic acids is 1. The van der Waals surface area contributed by atoms with Gasteiger partial charge in [-0.15, -0.1) is 0 Å². The molecule has 3 aromatic heterocycles. The third-order valence-corrected chi connectivity index (χ3v) is 9.01. The number of fused-ring (bicyclic) bond motifs is 3. The van der Waals surface area contributed by atoms with Crippen molar-refractivity contribution < 1.29 is 14.5 Å². The average Bonchev–Trinajstić information content (AvgIpc) is 3.38. The van der Waals surface area contributed by atoms with Crippen LogP contribution in [-0.4, -0.2) is 60.1 Å². The summed E-state index contributed by atoms with van der Waals surface area (Å²) in [5.74, 6) is -1.01. The highest BCUT2D eigenvalue weighted by atomic mass is 32.2. The van der Waals surface area contributed by atoms with Crippen molar-refractivity contribution in [2.75, 3.05) is 19.3 Å². The van der Waals surface area contributed by atoms with Crippen LogP contribution in [0, 0.1) is 0 Å². The van der Waals surface area contributed by atoms with E-state index in [0.717, 1.165) is 60.2 Å². The summed E-state index contributed by atoms with van der Waals surface area (Å²) in [7, 11) is 0. The van der Waals surface area contributed by atoms with Crippen LogP contribution < -0.4 is 5.56 Å². The number of carboxylic acid groups (broad SMARTS) is 1. The number of pyridine rings is 2. The van der Waals surface area contributed by atoms with Gasteiger partial charge in [0.25, 0.3) is 5.56 Å². The molecule has 6 rings (SSSR count). The minimum Gasteiger partial charge on any atom is -0.616 e. The Bertz CT molecular complexity index is 1720. The molecule has 1 unspecified atom stereocenters. The molecular weight excluding hydrogens is 512 g/mol. The van der Waals surface area contributed by atoms with Crippen LogP contribution in [0.4, 0.5) is 0 Å². The van der Waals surface area contributed by atoms with Crippen LogP contribution >= 0.6 is 0 Å². The van der Waals surface area contributed by atoms with E-state index in [1.807, 2.05) is 12.1 Å². The Labute approximate surface area is 227 Å². The van der Waals surface area contributed by atoms with E-state index in [-0.39, 0.29) is 11.1 Å². The molecule has 1 atom stereocenters. The Hall–Kier alpha value is -3.92. The van der Waals surface area contributed by atoms with Crippen molar-refractivity contribution in [1.29, 1.82) is 0 Å². The van der Waals surface area contributed by atoms with Gasteiger partial charge in [-0.1, -0.05) is 47.6 Å². The highest BCUT2D eigenvalue weighted by Gasteiger charge is 2.25. The minimum absolute atomic E-state index is 0.169. The fraction of sp³-hybridized carbons (Fsp3) is 0.233. The van der Waals surface area contributed by atoms with E-state index < -0.39 is 17.1 Å². The van der Waals surface area contributed by atoms with Crippen LogP contribution in [0.25, 0.3) is 44.3 Å². The van der Waals surface area contributed by atoms with Gasteiger partial charge in [-0.25, -0.2) is 9.78 Å². The van der Waals surface area contributed by atoms with Gasteiger partial charge < -0.3 is 19.6 Å². The number of hydrogen-bond acceptors (Lipinski definition) is 5. The van der Waals surface area contributed by atoms with E-state index in [4.69, 9.17) is 0 Å². The van der Waals surface area contributed by atoms with E-state index in [9.17, 15) is 19.2 Å². The van der Waals surface area contributed by atoms with Crippen molar-refractivity contribution in [2.45, 2.75) is 24.6 Å². The molecule has 8 nitrogen and oxygen atoms in total. The highest BCUT2D eigenvalue weighted by Crippen LogP contribution is 2.30. The molecule has 198 valence electrons. The fourth-order valence-corrected chi connectivity index (χ4v) is 6.23. The van der Waals surface area contributed by atoms with Gasteiger partial charge in [0.2, 0.25) is 0 Å². The number of nitrogens with zero attached hydrogens (tertiary/aromatic N) is 2. The monoisotopic (exact) mass is 540 g/mol. The quantitative estimate of drug-likeness (QED) is 0.266. The Morgan fingerprint density at radius 1 is 1.03 bits per heavy atom. The zero-order valence-electron chi connectivity index (χ0n) is 21.4. The minimum atomic E-state index is -1.01. The fourth-order valence-electron chi connectivity index (χ4n) is 5.36. The molecule has 1 fully saturated rings. The molecule has 0 radical (unpaired) electrons. The zero-order chi connectivity index (χ0) is 27.1. The van der Waals surface area contributed by atoms with Crippen LogP contribution in [0.5, 0.6) is 0 Å². The van der Waals surface area contributed by atoms with Gasteiger partial charge >= 0.3 is 5.97 Å². The van der Waals surface area contributed by atoms with Crippen LogP contribution in [-0.2, 0) is 17.7 Å².